The number of hydrogen-bond donors (Lipinski definition) is 0. The molecule has 0 bridgehead atoms. The van der Waals surface area contributed by atoms with Crippen LogP contribution in [0.2, 0.25) is 0 Å². The van der Waals surface area contributed by atoms with E-state index < -0.39 is 0 Å². The maximum absolute atomic E-state index is 11.9. The minimum Gasteiger partial charge on any atom is -0.312 e. The van der Waals surface area contributed by atoms with Gasteiger partial charge in [0.15, 0.2) is 0 Å². The Morgan fingerprint density at radius 2 is 2.00 bits per heavy atom. The van der Waals surface area contributed by atoms with Crippen LogP contribution in [0.4, 0.5) is 5.69 Å². The lowest BCUT2D eigenvalue weighted by Gasteiger charge is -2.21. The number of benzene rings is 1. The highest BCUT2D eigenvalue weighted by molar-refractivity contribution is 9.10. The summed E-state index contributed by atoms with van der Waals surface area (Å²) in [6, 6.07) is 6.16. The molecule has 0 radical (unpaired) electrons. The lowest BCUT2D eigenvalue weighted by atomic mass is 10.2. The third-order valence-corrected chi connectivity index (χ3v) is 3.37. The molecule has 0 saturated carbocycles. The second kappa shape index (κ2) is 5.00. The molecule has 86 valence electrons. The summed E-state index contributed by atoms with van der Waals surface area (Å²) in [6.45, 7) is 2.91. The second-order valence-electron chi connectivity index (χ2n) is 4.34. The van der Waals surface area contributed by atoms with Gasteiger partial charge >= 0.3 is 0 Å². The molecule has 1 aromatic carbocycles. The fraction of sp³-hybridized carbons (Fsp3) is 0.462. The van der Waals surface area contributed by atoms with Gasteiger partial charge in [-0.3, -0.25) is 4.79 Å². The molecule has 1 aliphatic heterocycles. The van der Waals surface area contributed by atoms with Gasteiger partial charge in [-0.25, -0.2) is 0 Å². The molecule has 0 atom stereocenters. The van der Waals surface area contributed by atoms with Crippen LogP contribution in [0.1, 0.15) is 31.2 Å². The predicted octanol–water partition coefficient (Wildman–Crippen LogP) is 3.66. The van der Waals surface area contributed by atoms with E-state index in [9.17, 15) is 4.79 Å². The fourth-order valence-corrected chi connectivity index (χ4v) is 2.72. The van der Waals surface area contributed by atoms with Gasteiger partial charge in [0.05, 0.1) is 0 Å². The van der Waals surface area contributed by atoms with Crippen LogP contribution in [0.25, 0.3) is 0 Å². The van der Waals surface area contributed by atoms with E-state index in [1.165, 1.54) is 5.56 Å². The van der Waals surface area contributed by atoms with Crippen LogP contribution in [-0.2, 0) is 4.79 Å². The van der Waals surface area contributed by atoms with E-state index >= 15 is 0 Å². The van der Waals surface area contributed by atoms with Crippen LogP contribution in [0.3, 0.4) is 0 Å². The molecule has 2 rings (SSSR count). The number of aryl methyl sites for hydroxylation is 1. The Kier molecular flexibility index (Phi) is 3.64. The molecule has 1 aliphatic rings. The standard InChI is InChI=1S/C13H16BrNO/c1-10-7-11(14)9-12(8-10)15-6-4-2-3-5-13(15)16/h7-9H,2-6H2,1H3. The summed E-state index contributed by atoms with van der Waals surface area (Å²) in [5.74, 6) is 0.259. The Balaban J connectivity index is 2.30. The van der Waals surface area contributed by atoms with Gasteiger partial charge in [0.1, 0.15) is 0 Å². The molecule has 2 nitrogen and oxygen atoms in total. The Hall–Kier alpha value is -0.830. The first kappa shape index (κ1) is 11.6. The molecular weight excluding hydrogens is 266 g/mol. The summed E-state index contributed by atoms with van der Waals surface area (Å²) in [5, 5.41) is 0. The van der Waals surface area contributed by atoms with E-state index in [0.717, 1.165) is 36.0 Å². The van der Waals surface area contributed by atoms with Gasteiger partial charge in [0.2, 0.25) is 5.91 Å². The van der Waals surface area contributed by atoms with E-state index in [0.29, 0.717) is 6.42 Å². The summed E-state index contributed by atoms with van der Waals surface area (Å²) in [7, 11) is 0. The molecular formula is C13H16BrNO. The first-order valence-corrected chi connectivity index (χ1v) is 6.54. The SMILES string of the molecule is Cc1cc(Br)cc(N2CCCCCC2=O)c1. The van der Waals surface area contributed by atoms with E-state index in [4.69, 9.17) is 0 Å². The molecule has 3 heteroatoms. The second-order valence-corrected chi connectivity index (χ2v) is 5.26. The number of amides is 1. The maximum atomic E-state index is 11.9. The maximum Gasteiger partial charge on any atom is 0.226 e. The van der Waals surface area contributed by atoms with E-state index in [-0.39, 0.29) is 5.91 Å². The van der Waals surface area contributed by atoms with Gasteiger partial charge in [-0.15, -0.1) is 0 Å². The summed E-state index contributed by atoms with van der Waals surface area (Å²) < 4.78 is 1.04. The highest BCUT2D eigenvalue weighted by atomic mass is 79.9. The molecule has 0 spiro atoms. The Bertz CT molecular complexity index is 383. The molecule has 0 N–H and O–H groups in total. The normalized spacial score (nSPS) is 17.4. The van der Waals surface area contributed by atoms with Crippen molar-refractivity contribution in [1.29, 1.82) is 0 Å². The molecule has 1 aromatic rings. The lowest BCUT2D eigenvalue weighted by molar-refractivity contribution is -0.118. The zero-order valence-corrected chi connectivity index (χ0v) is 11.1. The van der Waals surface area contributed by atoms with Crippen molar-refractivity contribution in [2.75, 3.05) is 11.4 Å². The number of rotatable bonds is 1. The smallest absolute Gasteiger partial charge is 0.226 e. The summed E-state index contributed by atoms with van der Waals surface area (Å²) in [5.41, 5.74) is 2.21. The average Bonchev–Trinajstić information content (AvgIpc) is 2.41. The van der Waals surface area contributed by atoms with Gasteiger partial charge in [-0.1, -0.05) is 22.4 Å². The first-order chi connectivity index (χ1) is 7.66. The Labute approximate surface area is 105 Å². The molecule has 1 heterocycles. The molecule has 1 saturated heterocycles. The molecule has 1 amide bonds. The van der Waals surface area contributed by atoms with Crippen molar-refractivity contribution in [3.63, 3.8) is 0 Å². The molecule has 16 heavy (non-hydrogen) atoms. The summed E-state index contributed by atoms with van der Waals surface area (Å²) in [6.07, 6.45) is 3.99. The van der Waals surface area contributed by atoms with Crippen LogP contribution in [0.5, 0.6) is 0 Å². The predicted molar refractivity (Wildman–Crippen MR) is 69.7 cm³/mol. The largest absolute Gasteiger partial charge is 0.312 e. The number of carbonyl (C=O) groups is 1. The minimum absolute atomic E-state index is 0.259. The zero-order chi connectivity index (χ0) is 11.5. The molecule has 0 aromatic heterocycles. The van der Waals surface area contributed by atoms with Crippen molar-refractivity contribution in [2.24, 2.45) is 0 Å². The number of anilines is 1. The highest BCUT2D eigenvalue weighted by Crippen LogP contribution is 2.25. The Morgan fingerprint density at radius 1 is 1.19 bits per heavy atom. The van der Waals surface area contributed by atoms with Gasteiger partial charge in [-0.2, -0.15) is 0 Å². The number of hydrogen-bond acceptors (Lipinski definition) is 1. The molecule has 0 aliphatic carbocycles. The summed E-state index contributed by atoms with van der Waals surface area (Å²) >= 11 is 3.48. The third-order valence-electron chi connectivity index (χ3n) is 2.91. The van der Waals surface area contributed by atoms with Crippen molar-refractivity contribution in [1.82, 2.24) is 0 Å². The number of halogens is 1. The van der Waals surface area contributed by atoms with Crippen LogP contribution in [-0.4, -0.2) is 12.5 Å². The van der Waals surface area contributed by atoms with E-state index in [1.54, 1.807) is 0 Å². The highest BCUT2D eigenvalue weighted by Gasteiger charge is 2.18. The van der Waals surface area contributed by atoms with Crippen molar-refractivity contribution in [2.45, 2.75) is 32.6 Å². The van der Waals surface area contributed by atoms with Gasteiger partial charge < -0.3 is 4.90 Å². The first-order valence-electron chi connectivity index (χ1n) is 5.74. The van der Waals surface area contributed by atoms with Gasteiger partial charge in [0, 0.05) is 23.1 Å². The molecule has 0 unspecified atom stereocenters. The van der Waals surface area contributed by atoms with Crippen molar-refractivity contribution in [3.05, 3.63) is 28.2 Å². The number of nitrogens with zero attached hydrogens (tertiary/aromatic N) is 1. The van der Waals surface area contributed by atoms with Gasteiger partial charge in [-0.05, 0) is 43.5 Å². The third kappa shape index (κ3) is 2.64. The fourth-order valence-electron chi connectivity index (χ4n) is 2.13. The quantitative estimate of drug-likeness (QED) is 0.769. The van der Waals surface area contributed by atoms with Gasteiger partial charge in [0.25, 0.3) is 0 Å². The monoisotopic (exact) mass is 281 g/mol. The lowest BCUT2D eigenvalue weighted by Crippen LogP contribution is -2.29. The zero-order valence-electron chi connectivity index (χ0n) is 9.50. The van der Waals surface area contributed by atoms with Crippen molar-refractivity contribution < 1.29 is 4.79 Å². The minimum atomic E-state index is 0.259. The van der Waals surface area contributed by atoms with E-state index in [1.807, 2.05) is 11.0 Å². The topological polar surface area (TPSA) is 20.3 Å². The van der Waals surface area contributed by atoms with Crippen LogP contribution in [0, 0.1) is 6.92 Å². The summed E-state index contributed by atoms with van der Waals surface area (Å²) in [4.78, 5) is 13.9. The van der Waals surface area contributed by atoms with Crippen LogP contribution < -0.4 is 4.90 Å². The number of carbonyl (C=O) groups excluding carboxylic acids is 1. The van der Waals surface area contributed by atoms with Crippen LogP contribution in [0.15, 0.2) is 22.7 Å². The van der Waals surface area contributed by atoms with Crippen molar-refractivity contribution >= 4 is 27.5 Å². The Morgan fingerprint density at radius 3 is 2.75 bits per heavy atom. The van der Waals surface area contributed by atoms with Crippen LogP contribution >= 0.6 is 15.9 Å². The van der Waals surface area contributed by atoms with E-state index in [2.05, 4.69) is 35.0 Å². The molecule has 1 fully saturated rings. The van der Waals surface area contributed by atoms with Crippen molar-refractivity contribution in [3.8, 4) is 0 Å². The average molecular weight is 282 g/mol.